The third-order valence-electron chi connectivity index (χ3n) is 2.23. The fraction of sp³-hybridized carbons (Fsp3) is 0.500. The van der Waals surface area contributed by atoms with Gasteiger partial charge in [0, 0.05) is 17.6 Å². The monoisotopic (exact) mass is 293 g/mol. The van der Waals surface area contributed by atoms with Crippen LogP contribution in [0.5, 0.6) is 0 Å². The first-order valence-corrected chi connectivity index (χ1v) is 5.48. The molecule has 0 fully saturated rings. The average molecular weight is 294 g/mol. The number of carbonyl (C=O) groups is 1. The molecule has 1 atom stereocenters. The predicted octanol–water partition coefficient (Wildman–Crippen LogP) is 2.55. The Bertz CT molecular complexity index is 372. The van der Waals surface area contributed by atoms with Crippen molar-refractivity contribution in [2.24, 2.45) is 11.7 Å². The fourth-order valence-electron chi connectivity index (χ4n) is 1.47. The lowest BCUT2D eigenvalue weighted by Gasteiger charge is -2.14. The standard InChI is InChI=1S/C12H19N3O.2ClH/c1-8(2)6-11(13)12(16)15-10-4-5-14-9(3)7-10;;/h4-5,7-8,11H,6,13H2,1-3H3,(H,14,15,16);2*1H/t11-;;/m0../s1. The van der Waals surface area contributed by atoms with Crippen LogP contribution in [0.25, 0.3) is 0 Å². The summed E-state index contributed by atoms with van der Waals surface area (Å²) in [5.74, 6) is 0.277. The van der Waals surface area contributed by atoms with E-state index in [0.717, 1.165) is 11.4 Å². The van der Waals surface area contributed by atoms with E-state index in [2.05, 4.69) is 10.3 Å². The number of nitrogens with one attached hydrogen (secondary N) is 1. The summed E-state index contributed by atoms with van der Waals surface area (Å²) in [5.41, 5.74) is 7.39. The number of aromatic nitrogens is 1. The first-order chi connectivity index (χ1) is 7.49. The molecule has 0 aliphatic carbocycles. The van der Waals surface area contributed by atoms with E-state index in [0.29, 0.717) is 12.3 Å². The highest BCUT2D eigenvalue weighted by Crippen LogP contribution is 2.09. The molecule has 1 amide bonds. The van der Waals surface area contributed by atoms with Crippen molar-refractivity contribution in [1.29, 1.82) is 0 Å². The van der Waals surface area contributed by atoms with Crippen molar-refractivity contribution in [1.82, 2.24) is 4.98 Å². The Labute approximate surface area is 121 Å². The SMILES string of the molecule is Cc1cc(NC(=O)[C@@H](N)CC(C)C)ccn1.Cl.Cl. The number of pyridine rings is 1. The van der Waals surface area contributed by atoms with Gasteiger partial charge in [0.05, 0.1) is 6.04 Å². The lowest BCUT2D eigenvalue weighted by Crippen LogP contribution is -2.36. The van der Waals surface area contributed by atoms with Gasteiger partial charge in [-0.05, 0) is 31.4 Å². The number of amides is 1. The maximum atomic E-state index is 11.7. The van der Waals surface area contributed by atoms with E-state index in [1.54, 1.807) is 12.3 Å². The minimum Gasteiger partial charge on any atom is -0.325 e. The maximum absolute atomic E-state index is 11.7. The Morgan fingerprint density at radius 1 is 1.44 bits per heavy atom. The van der Waals surface area contributed by atoms with E-state index in [4.69, 9.17) is 5.73 Å². The first kappa shape index (κ1) is 19.5. The summed E-state index contributed by atoms with van der Waals surface area (Å²) in [7, 11) is 0. The van der Waals surface area contributed by atoms with E-state index in [-0.39, 0.29) is 30.7 Å². The van der Waals surface area contributed by atoms with Crippen molar-refractivity contribution in [2.45, 2.75) is 33.2 Å². The van der Waals surface area contributed by atoms with Gasteiger partial charge in [-0.2, -0.15) is 0 Å². The van der Waals surface area contributed by atoms with Crippen LogP contribution >= 0.6 is 24.8 Å². The number of aryl methyl sites for hydroxylation is 1. The normalized spacial score (nSPS) is 11.2. The Kier molecular flexibility index (Phi) is 9.90. The van der Waals surface area contributed by atoms with Crippen molar-refractivity contribution < 1.29 is 4.79 Å². The van der Waals surface area contributed by atoms with Crippen LogP contribution in [0.1, 0.15) is 26.0 Å². The molecule has 1 rings (SSSR count). The van der Waals surface area contributed by atoms with Gasteiger partial charge >= 0.3 is 0 Å². The van der Waals surface area contributed by atoms with Crippen molar-refractivity contribution in [3.05, 3.63) is 24.0 Å². The number of nitrogens with two attached hydrogens (primary N) is 1. The zero-order valence-corrected chi connectivity index (χ0v) is 12.5. The highest BCUT2D eigenvalue weighted by molar-refractivity contribution is 5.94. The number of hydrogen-bond acceptors (Lipinski definition) is 3. The van der Waals surface area contributed by atoms with Crippen molar-refractivity contribution in [2.75, 3.05) is 5.32 Å². The summed E-state index contributed by atoms with van der Waals surface area (Å²) < 4.78 is 0. The summed E-state index contributed by atoms with van der Waals surface area (Å²) in [4.78, 5) is 15.8. The third-order valence-corrected chi connectivity index (χ3v) is 2.23. The highest BCUT2D eigenvalue weighted by atomic mass is 35.5. The van der Waals surface area contributed by atoms with E-state index in [1.807, 2.05) is 26.8 Å². The smallest absolute Gasteiger partial charge is 0.241 e. The molecule has 4 nitrogen and oxygen atoms in total. The topological polar surface area (TPSA) is 68.0 Å². The second-order valence-corrected chi connectivity index (χ2v) is 4.41. The summed E-state index contributed by atoms with van der Waals surface area (Å²) in [6, 6.07) is 3.13. The predicted molar refractivity (Wildman–Crippen MR) is 79.5 cm³/mol. The second-order valence-electron chi connectivity index (χ2n) is 4.41. The third kappa shape index (κ3) is 6.79. The zero-order chi connectivity index (χ0) is 12.1. The molecule has 0 aromatic carbocycles. The molecule has 3 N–H and O–H groups in total. The van der Waals surface area contributed by atoms with Gasteiger partial charge in [0.1, 0.15) is 0 Å². The average Bonchev–Trinajstić information content (AvgIpc) is 2.16. The summed E-state index contributed by atoms with van der Waals surface area (Å²) in [6.07, 6.45) is 2.36. The summed E-state index contributed by atoms with van der Waals surface area (Å²) >= 11 is 0. The molecule has 1 aromatic rings. The van der Waals surface area contributed by atoms with Crippen LogP contribution in [0.2, 0.25) is 0 Å². The lowest BCUT2D eigenvalue weighted by atomic mass is 10.0. The van der Waals surface area contributed by atoms with E-state index < -0.39 is 6.04 Å². The van der Waals surface area contributed by atoms with E-state index >= 15 is 0 Å². The second kappa shape index (κ2) is 9.14. The first-order valence-electron chi connectivity index (χ1n) is 5.48. The molecular weight excluding hydrogens is 273 g/mol. The van der Waals surface area contributed by atoms with Crippen LogP contribution < -0.4 is 11.1 Å². The Hall–Kier alpha value is -0.840. The number of hydrogen-bond donors (Lipinski definition) is 2. The number of rotatable bonds is 4. The van der Waals surface area contributed by atoms with Crippen molar-refractivity contribution >= 4 is 36.4 Å². The molecule has 0 bridgehead atoms. The largest absolute Gasteiger partial charge is 0.325 e. The van der Waals surface area contributed by atoms with E-state index in [9.17, 15) is 4.79 Å². The molecular formula is C12H21Cl2N3O. The number of halogens is 2. The summed E-state index contributed by atoms with van der Waals surface area (Å²) in [6.45, 7) is 5.97. The minimum atomic E-state index is -0.450. The van der Waals surface area contributed by atoms with Crippen LogP contribution in [0.4, 0.5) is 5.69 Å². The number of nitrogens with zero attached hydrogens (tertiary/aromatic N) is 1. The van der Waals surface area contributed by atoms with Gasteiger partial charge in [0.2, 0.25) is 5.91 Å². The van der Waals surface area contributed by atoms with Crippen LogP contribution in [-0.2, 0) is 4.79 Å². The van der Waals surface area contributed by atoms with Gasteiger partial charge in [0.15, 0.2) is 0 Å². The molecule has 6 heteroatoms. The Morgan fingerprint density at radius 3 is 2.56 bits per heavy atom. The van der Waals surface area contributed by atoms with Crippen LogP contribution in [0, 0.1) is 12.8 Å². The summed E-state index contributed by atoms with van der Waals surface area (Å²) in [5, 5.41) is 2.78. The quantitative estimate of drug-likeness (QED) is 0.896. The molecule has 18 heavy (non-hydrogen) atoms. The molecule has 1 heterocycles. The molecule has 0 spiro atoms. The molecule has 0 saturated heterocycles. The van der Waals surface area contributed by atoms with Crippen molar-refractivity contribution in [3.8, 4) is 0 Å². The maximum Gasteiger partial charge on any atom is 0.241 e. The van der Waals surface area contributed by atoms with Gasteiger partial charge in [-0.3, -0.25) is 9.78 Å². The Morgan fingerprint density at radius 2 is 2.06 bits per heavy atom. The van der Waals surface area contributed by atoms with Crippen LogP contribution in [-0.4, -0.2) is 16.9 Å². The Balaban J connectivity index is 0. The molecule has 0 aliphatic rings. The lowest BCUT2D eigenvalue weighted by molar-refractivity contribution is -0.117. The molecule has 104 valence electrons. The van der Waals surface area contributed by atoms with Crippen LogP contribution in [0.15, 0.2) is 18.3 Å². The van der Waals surface area contributed by atoms with Gasteiger partial charge < -0.3 is 11.1 Å². The zero-order valence-electron chi connectivity index (χ0n) is 10.8. The number of carbonyl (C=O) groups excluding carboxylic acids is 1. The van der Waals surface area contributed by atoms with Gasteiger partial charge in [0.25, 0.3) is 0 Å². The van der Waals surface area contributed by atoms with Crippen LogP contribution in [0.3, 0.4) is 0 Å². The molecule has 0 radical (unpaired) electrons. The molecule has 0 saturated carbocycles. The fourth-order valence-corrected chi connectivity index (χ4v) is 1.47. The number of anilines is 1. The van der Waals surface area contributed by atoms with Gasteiger partial charge in [-0.25, -0.2) is 0 Å². The molecule has 1 aromatic heterocycles. The highest BCUT2D eigenvalue weighted by Gasteiger charge is 2.14. The molecule has 0 aliphatic heterocycles. The molecule has 0 unspecified atom stereocenters. The van der Waals surface area contributed by atoms with Gasteiger partial charge in [-0.15, -0.1) is 24.8 Å². The minimum absolute atomic E-state index is 0. The van der Waals surface area contributed by atoms with Gasteiger partial charge in [-0.1, -0.05) is 13.8 Å². The van der Waals surface area contributed by atoms with E-state index in [1.165, 1.54) is 0 Å². The van der Waals surface area contributed by atoms with Crippen molar-refractivity contribution in [3.63, 3.8) is 0 Å².